The predicted octanol–water partition coefficient (Wildman–Crippen LogP) is 4.31. The number of aromatic nitrogens is 1. The first-order valence-corrected chi connectivity index (χ1v) is 10.4. The number of carbonyl (C=O) groups is 2. The minimum Gasteiger partial charge on any atom is -0.465 e. The van der Waals surface area contributed by atoms with Crippen LogP contribution < -0.4 is 4.90 Å². The van der Waals surface area contributed by atoms with Gasteiger partial charge in [-0.2, -0.15) is 5.26 Å². The van der Waals surface area contributed by atoms with Gasteiger partial charge in [0.25, 0.3) is 0 Å². The van der Waals surface area contributed by atoms with Crippen LogP contribution in [0.2, 0.25) is 0 Å². The van der Waals surface area contributed by atoms with E-state index in [2.05, 4.69) is 11.1 Å². The number of nitrogens with zero attached hydrogens (tertiary/aromatic N) is 4. The van der Waals surface area contributed by atoms with Crippen molar-refractivity contribution in [1.29, 1.82) is 5.26 Å². The smallest absolute Gasteiger partial charge is 0.407 e. The largest absolute Gasteiger partial charge is 0.465 e. The fraction of sp³-hybridized carbons (Fsp3) is 0.200. The number of pyridine rings is 1. The van der Waals surface area contributed by atoms with Crippen LogP contribution in [0.25, 0.3) is 11.1 Å². The van der Waals surface area contributed by atoms with E-state index >= 15 is 0 Å². The number of nitriles is 1. The van der Waals surface area contributed by atoms with Gasteiger partial charge in [0.2, 0.25) is 5.91 Å². The highest BCUT2D eigenvalue weighted by atomic mass is 16.4. The van der Waals surface area contributed by atoms with Crippen LogP contribution in [0.15, 0.2) is 66.9 Å². The third-order valence-corrected chi connectivity index (χ3v) is 6.46. The number of hydrogen-bond acceptors (Lipinski definition) is 4. The van der Waals surface area contributed by atoms with Crippen LogP contribution in [0.1, 0.15) is 24.0 Å². The molecular weight excluding hydrogens is 404 g/mol. The molecule has 1 spiro atoms. The van der Waals surface area contributed by atoms with Gasteiger partial charge < -0.3 is 10.0 Å². The Morgan fingerprint density at radius 1 is 1.03 bits per heavy atom. The standard InChI is InChI=1S/C25H20N4O3/c26-15-17-14-21-22(27-16-17)29(23(30)25(21)10-12-28(13-11-25)24(31)32)20-8-6-19(7-9-20)18-4-2-1-3-5-18/h1-9,14,16H,10-13H2,(H,31,32). The van der Waals surface area contributed by atoms with E-state index in [-0.39, 0.29) is 19.0 Å². The number of anilines is 2. The topological polar surface area (TPSA) is 97.5 Å². The quantitative estimate of drug-likeness (QED) is 0.661. The van der Waals surface area contributed by atoms with Crippen molar-refractivity contribution in [3.05, 3.63) is 78.0 Å². The molecule has 158 valence electrons. The molecule has 0 atom stereocenters. The van der Waals surface area contributed by atoms with Crippen LogP contribution in [0, 0.1) is 11.3 Å². The molecule has 2 amide bonds. The molecule has 2 aromatic carbocycles. The van der Waals surface area contributed by atoms with E-state index in [1.165, 1.54) is 11.1 Å². The van der Waals surface area contributed by atoms with Crippen molar-refractivity contribution < 1.29 is 14.7 Å². The molecule has 5 rings (SSSR count). The number of carboxylic acid groups (broad SMARTS) is 1. The first-order valence-electron chi connectivity index (χ1n) is 10.4. The van der Waals surface area contributed by atoms with Gasteiger partial charge in [-0.25, -0.2) is 9.78 Å². The summed E-state index contributed by atoms with van der Waals surface area (Å²) in [6, 6.07) is 21.6. The van der Waals surface area contributed by atoms with Gasteiger partial charge in [0.05, 0.1) is 16.7 Å². The molecule has 3 heterocycles. The predicted molar refractivity (Wildman–Crippen MR) is 118 cm³/mol. The van der Waals surface area contributed by atoms with E-state index in [0.29, 0.717) is 35.5 Å². The molecule has 32 heavy (non-hydrogen) atoms. The number of piperidine rings is 1. The number of rotatable bonds is 2. The summed E-state index contributed by atoms with van der Waals surface area (Å²) in [6.07, 6.45) is 1.21. The summed E-state index contributed by atoms with van der Waals surface area (Å²) in [7, 11) is 0. The average molecular weight is 424 g/mol. The highest BCUT2D eigenvalue weighted by Gasteiger charge is 2.54. The van der Waals surface area contributed by atoms with Crippen LogP contribution in [-0.2, 0) is 10.2 Å². The highest BCUT2D eigenvalue weighted by Crippen LogP contribution is 2.50. The molecule has 0 saturated carbocycles. The third-order valence-electron chi connectivity index (χ3n) is 6.46. The summed E-state index contributed by atoms with van der Waals surface area (Å²) in [4.78, 5) is 32.6. The van der Waals surface area contributed by atoms with Crippen molar-refractivity contribution in [3.63, 3.8) is 0 Å². The first-order chi connectivity index (χ1) is 15.5. The molecule has 2 aliphatic heterocycles. The lowest BCUT2D eigenvalue weighted by Crippen LogP contribution is -2.49. The number of carbonyl (C=O) groups excluding carboxylic acids is 1. The first kappa shape index (κ1) is 19.8. The number of benzene rings is 2. The van der Waals surface area contributed by atoms with Crippen molar-refractivity contribution in [2.45, 2.75) is 18.3 Å². The van der Waals surface area contributed by atoms with Crippen molar-refractivity contribution in [2.75, 3.05) is 18.0 Å². The summed E-state index contributed by atoms with van der Waals surface area (Å²) in [5.41, 5.74) is 3.04. The summed E-state index contributed by atoms with van der Waals surface area (Å²) < 4.78 is 0. The molecule has 1 aromatic heterocycles. The van der Waals surface area contributed by atoms with E-state index in [1.54, 1.807) is 11.0 Å². The second kappa shape index (κ2) is 7.50. The summed E-state index contributed by atoms with van der Waals surface area (Å²) >= 11 is 0. The zero-order valence-electron chi connectivity index (χ0n) is 17.2. The molecule has 0 bridgehead atoms. The maximum Gasteiger partial charge on any atom is 0.407 e. The number of hydrogen-bond donors (Lipinski definition) is 1. The van der Waals surface area contributed by atoms with Gasteiger partial charge >= 0.3 is 6.09 Å². The van der Waals surface area contributed by atoms with Crippen LogP contribution in [0.5, 0.6) is 0 Å². The lowest BCUT2D eigenvalue weighted by Gasteiger charge is -2.37. The highest BCUT2D eigenvalue weighted by molar-refractivity contribution is 6.12. The van der Waals surface area contributed by atoms with Crippen LogP contribution in [-0.4, -0.2) is 40.1 Å². The molecule has 1 N–H and O–H groups in total. The molecular formula is C25H20N4O3. The second-order valence-corrected chi connectivity index (χ2v) is 8.11. The summed E-state index contributed by atoms with van der Waals surface area (Å²) in [5, 5.41) is 18.7. The zero-order valence-corrected chi connectivity index (χ0v) is 17.2. The van der Waals surface area contributed by atoms with Gasteiger partial charge in [0.1, 0.15) is 11.9 Å². The number of likely N-dealkylation sites (tertiary alicyclic amines) is 1. The van der Waals surface area contributed by atoms with Gasteiger partial charge in [-0.15, -0.1) is 0 Å². The van der Waals surface area contributed by atoms with Gasteiger partial charge in [0, 0.05) is 24.8 Å². The minimum atomic E-state index is -0.984. The van der Waals surface area contributed by atoms with E-state index < -0.39 is 11.5 Å². The molecule has 2 aliphatic rings. The Morgan fingerprint density at radius 2 is 1.69 bits per heavy atom. The van der Waals surface area contributed by atoms with Gasteiger partial charge in [-0.1, -0.05) is 42.5 Å². The Hall–Kier alpha value is -4.18. The van der Waals surface area contributed by atoms with E-state index in [4.69, 9.17) is 0 Å². The molecule has 0 aliphatic carbocycles. The Morgan fingerprint density at radius 3 is 2.31 bits per heavy atom. The summed E-state index contributed by atoms with van der Waals surface area (Å²) in [5.74, 6) is 0.401. The molecule has 1 fully saturated rings. The Kier molecular flexibility index (Phi) is 4.63. The SMILES string of the molecule is N#Cc1cnc2c(c1)C1(CCN(C(=O)O)CC1)C(=O)N2c1ccc(-c2ccccc2)cc1. The van der Waals surface area contributed by atoms with Gasteiger partial charge in [0.15, 0.2) is 0 Å². The number of fused-ring (bicyclic) bond motifs is 2. The lowest BCUT2D eigenvalue weighted by atomic mass is 9.74. The van der Waals surface area contributed by atoms with Gasteiger partial charge in [-0.3, -0.25) is 9.69 Å². The average Bonchev–Trinajstić information content (AvgIpc) is 3.07. The molecule has 1 saturated heterocycles. The molecule has 0 unspecified atom stereocenters. The Balaban J connectivity index is 1.55. The Bertz CT molecular complexity index is 1240. The minimum absolute atomic E-state index is 0.118. The van der Waals surface area contributed by atoms with Crippen LogP contribution in [0.4, 0.5) is 16.3 Å². The molecule has 7 nitrogen and oxygen atoms in total. The summed E-state index contributed by atoms with van der Waals surface area (Å²) in [6.45, 7) is 0.524. The number of amides is 2. The molecule has 3 aromatic rings. The maximum absolute atomic E-state index is 13.8. The lowest BCUT2D eigenvalue weighted by molar-refractivity contribution is -0.124. The maximum atomic E-state index is 13.8. The van der Waals surface area contributed by atoms with Gasteiger partial charge in [-0.05, 0) is 42.2 Å². The zero-order chi connectivity index (χ0) is 22.3. The Labute approximate surface area is 185 Å². The van der Waals surface area contributed by atoms with Crippen molar-refractivity contribution >= 4 is 23.5 Å². The van der Waals surface area contributed by atoms with E-state index in [1.807, 2.05) is 54.6 Å². The van der Waals surface area contributed by atoms with Crippen molar-refractivity contribution in [1.82, 2.24) is 9.88 Å². The van der Waals surface area contributed by atoms with E-state index in [0.717, 1.165) is 11.1 Å². The molecule has 0 radical (unpaired) electrons. The second-order valence-electron chi connectivity index (χ2n) is 8.11. The van der Waals surface area contributed by atoms with E-state index in [9.17, 15) is 20.0 Å². The monoisotopic (exact) mass is 424 g/mol. The normalized spacial score (nSPS) is 16.7. The van der Waals surface area contributed by atoms with Crippen LogP contribution >= 0.6 is 0 Å². The van der Waals surface area contributed by atoms with Crippen molar-refractivity contribution in [3.8, 4) is 17.2 Å². The van der Waals surface area contributed by atoms with Crippen molar-refractivity contribution in [2.24, 2.45) is 0 Å². The fourth-order valence-corrected chi connectivity index (χ4v) is 4.71. The third kappa shape index (κ3) is 3.00. The molecule has 7 heteroatoms. The fourth-order valence-electron chi connectivity index (χ4n) is 4.71. The van der Waals surface area contributed by atoms with Crippen LogP contribution in [0.3, 0.4) is 0 Å².